The minimum atomic E-state index is -0.952. The van der Waals surface area contributed by atoms with Gasteiger partial charge in [-0.1, -0.05) is 20.8 Å². The van der Waals surface area contributed by atoms with Crippen LogP contribution in [0.4, 0.5) is 0 Å². The number of nitrogens with zero attached hydrogens (tertiary/aromatic N) is 1. The van der Waals surface area contributed by atoms with Crippen LogP contribution in [0.3, 0.4) is 0 Å². The molecule has 0 aromatic carbocycles. The van der Waals surface area contributed by atoms with Gasteiger partial charge >= 0.3 is 5.97 Å². The maximum Gasteiger partial charge on any atom is 0.331 e. The largest absolute Gasteiger partial charge is 0.479 e. The molecule has 0 radical (unpaired) electrons. The minimum Gasteiger partial charge on any atom is -0.479 e. The van der Waals surface area contributed by atoms with Crippen LogP contribution in [0.5, 0.6) is 0 Å². The molecule has 1 unspecified atom stereocenters. The number of carbonyl (C=O) groups excluding carboxylic acids is 1. The summed E-state index contributed by atoms with van der Waals surface area (Å²) in [5.74, 6) is -1.06. The number of rotatable bonds is 1. The second kappa shape index (κ2) is 4.39. The van der Waals surface area contributed by atoms with Crippen molar-refractivity contribution in [2.24, 2.45) is 5.41 Å². The summed E-state index contributed by atoms with van der Waals surface area (Å²) in [7, 11) is 0. The first-order chi connectivity index (χ1) is 8.32. The number of carboxylic acids is 1. The molecule has 1 N–H and O–H groups in total. The predicted octanol–water partition coefficient (Wildman–Crippen LogP) is 2.30. The van der Waals surface area contributed by atoms with Crippen LogP contribution >= 0.6 is 11.3 Å². The van der Waals surface area contributed by atoms with Crippen LogP contribution in [-0.4, -0.2) is 28.4 Å². The van der Waals surface area contributed by atoms with E-state index in [1.54, 1.807) is 11.3 Å². The second-order valence-electron chi connectivity index (χ2n) is 5.54. The number of hydrogen-bond donors (Lipinski definition) is 1. The van der Waals surface area contributed by atoms with Crippen molar-refractivity contribution < 1.29 is 14.7 Å². The Hall–Kier alpha value is -1.36. The Morgan fingerprint density at radius 3 is 2.67 bits per heavy atom. The fraction of sp³-hybridized carbons (Fsp3) is 0.538. The molecule has 1 atom stereocenters. The Bertz CT molecular complexity index is 487. The molecule has 2 heterocycles. The van der Waals surface area contributed by atoms with Crippen molar-refractivity contribution in [3.05, 3.63) is 21.9 Å². The van der Waals surface area contributed by atoms with Crippen LogP contribution in [-0.2, 0) is 16.0 Å². The highest BCUT2D eigenvalue weighted by Gasteiger charge is 2.40. The average molecular weight is 267 g/mol. The molecule has 2 rings (SSSR count). The zero-order chi connectivity index (χ0) is 13.5. The quantitative estimate of drug-likeness (QED) is 0.849. The lowest BCUT2D eigenvalue weighted by Gasteiger charge is -2.37. The van der Waals surface area contributed by atoms with E-state index in [9.17, 15) is 14.7 Å². The molecule has 0 saturated heterocycles. The van der Waals surface area contributed by atoms with E-state index in [0.29, 0.717) is 6.54 Å². The van der Waals surface area contributed by atoms with Crippen LogP contribution < -0.4 is 0 Å². The lowest BCUT2D eigenvalue weighted by molar-refractivity contribution is -0.155. The van der Waals surface area contributed by atoms with Gasteiger partial charge in [-0.15, -0.1) is 11.3 Å². The van der Waals surface area contributed by atoms with Crippen molar-refractivity contribution in [1.82, 2.24) is 4.90 Å². The summed E-state index contributed by atoms with van der Waals surface area (Å²) in [6.45, 7) is 5.94. The van der Waals surface area contributed by atoms with Crippen molar-refractivity contribution >= 4 is 23.2 Å². The van der Waals surface area contributed by atoms with E-state index in [1.807, 2.05) is 32.2 Å². The molecule has 98 valence electrons. The van der Waals surface area contributed by atoms with Gasteiger partial charge in [0.15, 0.2) is 6.04 Å². The molecule has 1 aliphatic heterocycles. The molecular weight excluding hydrogens is 250 g/mol. The van der Waals surface area contributed by atoms with E-state index in [0.717, 1.165) is 16.9 Å². The molecule has 5 heteroatoms. The Kier molecular flexibility index (Phi) is 3.19. The minimum absolute atomic E-state index is 0.105. The first-order valence-corrected chi connectivity index (χ1v) is 6.80. The highest BCUT2D eigenvalue weighted by atomic mass is 32.1. The van der Waals surface area contributed by atoms with Gasteiger partial charge in [0, 0.05) is 16.8 Å². The number of hydrogen-bond acceptors (Lipinski definition) is 3. The summed E-state index contributed by atoms with van der Waals surface area (Å²) in [5.41, 5.74) is 0.220. The van der Waals surface area contributed by atoms with Gasteiger partial charge in [-0.3, -0.25) is 4.79 Å². The average Bonchev–Trinajstić information content (AvgIpc) is 2.72. The summed E-state index contributed by atoms with van der Waals surface area (Å²) >= 11 is 1.57. The van der Waals surface area contributed by atoms with Gasteiger partial charge < -0.3 is 10.0 Å². The topological polar surface area (TPSA) is 57.6 Å². The molecular formula is C13H17NO3S. The Balaban J connectivity index is 2.39. The molecule has 0 spiro atoms. The molecule has 1 aromatic heterocycles. The van der Waals surface area contributed by atoms with Crippen LogP contribution in [0.25, 0.3) is 0 Å². The summed E-state index contributed by atoms with van der Waals surface area (Å²) in [6.07, 6.45) is 0.749. The van der Waals surface area contributed by atoms with Crippen molar-refractivity contribution in [3.8, 4) is 0 Å². The van der Waals surface area contributed by atoms with E-state index in [-0.39, 0.29) is 5.91 Å². The highest BCUT2D eigenvalue weighted by Crippen LogP contribution is 2.35. The number of carboxylic acid groups (broad SMARTS) is 1. The number of carbonyl (C=O) groups is 2. The zero-order valence-corrected chi connectivity index (χ0v) is 11.6. The van der Waals surface area contributed by atoms with Gasteiger partial charge in [0.25, 0.3) is 0 Å². The van der Waals surface area contributed by atoms with Crippen molar-refractivity contribution in [1.29, 1.82) is 0 Å². The maximum absolute atomic E-state index is 12.3. The Morgan fingerprint density at radius 2 is 2.11 bits per heavy atom. The third kappa shape index (κ3) is 2.14. The van der Waals surface area contributed by atoms with Gasteiger partial charge in [-0.25, -0.2) is 4.79 Å². The van der Waals surface area contributed by atoms with Gasteiger partial charge in [0.2, 0.25) is 5.91 Å². The normalized spacial score (nSPS) is 19.5. The fourth-order valence-corrected chi connectivity index (χ4v) is 3.14. The summed E-state index contributed by atoms with van der Waals surface area (Å²) in [5, 5.41) is 11.3. The number of fused-ring (bicyclic) bond motifs is 1. The van der Waals surface area contributed by atoms with Gasteiger partial charge in [-0.05, 0) is 23.4 Å². The van der Waals surface area contributed by atoms with Gasteiger partial charge in [-0.2, -0.15) is 0 Å². The Morgan fingerprint density at radius 1 is 1.44 bits per heavy atom. The molecule has 1 aliphatic rings. The highest BCUT2D eigenvalue weighted by molar-refractivity contribution is 7.10. The summed E-state index contributed by atoms with van der Waals surface area (Å²) in [4.78, 5) is 26.4. The van der Waals surface area contributed by atoms with Crippen LogP contribution in [0, 0.1) is 5.41 Å². The van der Waals surface area contributed by atoms with Gasteiger partial charge in [0.05, 0.1) is 0 Å². The number of aliphatic carboxylic acids is 1. The Labute approximate surface area is 110 Å². The lowest BCUT2D eigenvalue weighted by atomic mass is 9.91. The summed E-state index contributed by atoms with van der Waals surface area (Å²) in [6, 6.07) is 0.993. The van der Waals surface area contributed by atoms with Crippen molar-refractivity contribution in [2.75, 3.05) is 6.54 Å². The molecule has 4 nitrogen and oxygen atoms in total. The van der Waals surface area contributed by atoms with E-state index in [1.165, 1.54) is 4.90 Å². The van der Waals surface area contributed by atoms with Crippen molar-refractivity contribution in [2.45, 2.75) is 33.2 Å². The maximum atomic E-state index is 12.3. The van der Waals surface area contributed by atoms with E-state index >= 15 is 0 Å². The smallest absolute Gasteiger partial charge is 0.331 e. The molecule has 1 aromatic rings. The van der Waals surface area contributed by atoms with Crippen molar-refractivity contribution in [3.63, 3.8) is 0 Å². The molecule has 0 fully saturated rings. The first kappa shape index (κ1) is 13.1. The van der Waals surface area contributed by atoms with Crippen LogP contribution in [0.1, 0.15) is 37.3 Å². The SMILES string of the molecule is CC(C)(C)C(=O)N1CCc2sccc2C1C(=O)O. The lowest BCUT2D eigenvalue weighted by Crippen LogP contribution is -2.47. The third-order valence-corrected chi connectivity index (χ3v) is 4.10. The van der Waals surface area contributed by atoms with E-state index in [2.05, 4.69) is 0 Å². The molecule has 18 heavy (non-hydrogen) atoms. The van der Waals surface area contributed by atoms with Gasteiger partial charge in [0.1, 0.15) is 0 Å². The monoisotopic (exact) mass is 267 g/mol. The molecule has 0 aliphatic carbocycles. The van der Waals surface area contributed by atoms with E-state index < -0.39 is 17.4 Å². The predicted molar refractivity (Wildman–Crippen MR) is 69.6 cm³/mol. The number of thiophene rings is 1. The molecule has 1 amide bonds. The van der Waals surface area contributed by atoms with Crippen LogP contribution in [0.15, 0.2) is 11.4 Å². The molecule has 0 bridgehead atoms. The van der Waals surface area contributed by atoms with Crippen LogP contribution in [0.2, 0.25) is 0 Å². The standard InChI is InChI=1S/C13H17NO3S/c1-13(2,3)12(17)14-6-4-9-8(5-7-18-9)10(14)11(15)16/h5,7,10H,4,6H2,1-3H3,(H,15,16). The third-order valence-electron chi connectivity index (χ3n) is 3.10. The molecule has 0 saturated carbocycles. The number of amides is 1. The first-order valence-electron chi connectivity index (χ1n) is 5.92. The van der Waals surface area contributed by atoms with E-state index in [4.69, 9.17) is 0 Å². The fourth-order valence-electron chi connectivity index (χ4n) is 2.23. The second-order valence-corrected chi connectivity index (χ2v) is 6.54. The summed E-state index contributed by atoms with van der Waals surface area (Å²) < 4.78 is 0. The zero-order valence-electron chi connectivity index (χ0n) is 10.8.